The van der Waals surface area contributed by atoms with Crippen LogP contribution >= 0.6 is 0 Å². The molecule has 1 atom stereocenters. The van der Waals surface area contributed by atoms with Crippen molar-refractivity contribution < 1.29 is 9.53 Å². The Morgan fingerprint density at radius 1 is 1.32 bits per heavy atom. The van der Waals surface area contributed by atoms with Gasteiger partial charge in [0.2, 0.25) is 0 Å². The van der Waals surface area contributed by atoms with Gasteiger partial charge in [-0.3, -0.25) is 4.79 Å². The van der Waals surface area contributed by atoms with Gasteiger partial charge < -0.3 is 15.4 Å². The van der Waals surface area contributed by atoms with Gasteiger partial charge in [-0.05, 0) is 36.2 Å². The number of carbonyl (C=O) groups excluding carboxylic acids is 1. The molecule has 5 heteroatoms. The molecule has 2 N–H and O–H groups in total. The van der Waals surface area contributed by atoms with E-state index in [-0.39, 0.29) is 11.9 Å². The van der Waals surface area contributed by atoms with E-state index in [2.05, 4.69) is 11.9 Å². The van der Waals surface area contributed by atoms with Crippen molar-refractivity contribution in [3.63, 3.8) is 0 Å². The molecule has 0 fully saturated rings. The third-order valence-corrected chi connectivity index (χ3v) is 3.70. The molecule has 2 aromatic rings. The summed E-state index contributed by atoms with van der Waals surface area (Å²) in [6, 6.07) is 11.0. The van der Waals surface area contributed by atoms with Crippen LogP contribution in [0.2, 0.25) is 0 Å². The number of nitrogen functional groups attached to an aromatic ring is 1. The van der Waals surface area contributed by atoms with Crippen molar-refractivity contribution >= 4 is 11.7 Å². The summed E-state index contributed by atoms with van der Waals surface area (Å²) in [4.78, 5) is 18.3. The lowest BCUT2D eigenvalue weighted by molar-refractivity contribution is 0.0726. The molecule has 1 heterocycles. The van der Waals surface area contributed by atoms with E-state index in [1.807, 2.05) is 24.3 Å². The van der Waals surface area contributed by atoms with Crippen LogP contribution in [0.1, 0.15) is 35.3 Å². The molecule has 5 nitrogen and oxygen atoms in total. The highest BCUT2D eigenvalue weighted by Crippen LogP contribution is 2.26. The van der Waals surface area contributed by atoms with Crippen molar-refractivity contribution in [1.29, 1.82) is 0 Å². The zero-order valence-electron chi connectivity index (χ0n) is 13.1. The van der Waals surface area contributed by atoms with Crippen LogP contribution in [0.15, 0.2) is 42.6 Å². The predicted molar refractivity (Wildman–Crippen MR) is 86.8 cm³/mol. The van der Waals surface area contributed by atoms with E-state index in [0.29, 0.717) is 11.4 Å². The molecule has 0 aliphatic rings. The Morgan fingerprint density at radius 2 is 2.00 bits per heavy atom. The van der Waals surface area contributed by atoms with Crippen LogP contribution in [-0.4, -0.2) is 29.9 Å². The summed E-state index contributed by atoms with van der Waals surface area (Å²) in [6.07, 6.45) is 2.36. The summed E-state index contributed by atoms with van der Waals surface area (Å²) in [5, 5.41) is 0. The first-order valence-corrected chi connectivity index (χ1v) is 7.19. The molecular formula is C17H21N3O2. The third kappa shape index (κ3) is 3.36. The molecule has 0 aliphatic carbocycles. The summed E-state index contributed by atoms with van der Waals surface area (Å²) in [5.41, 5.74) is 7.27. The maximum absolute atomic E-state index is 12.6. The number of aromatic nitrogens is 1. The number of ether oxygens (including phenoxy) is 1. The number of anilines is 1. The van der Waals surface area contributed by atoms with Crippen molar-refractivity contribution in [2.45, 2.75) is 19.4 Å². The number of carbonyl (C=O) groups is 1. The van der Waals surface area contributed by atoms with Gasteiger partial charge >= 0.3 is 0 Å². The van der Waals surface area contributed by atoms with Gasteiger partial charge in [-0.15, -0.1) is 0 Å². The molecule has 1 aromatic carbocycles. The standard InChI is InChI=1S/C17H21N3O2/c1-4-15(12-5-7-14(22-3)8-6-12)20(2)17(21)13-9-10-19-16(18)11-13/h5-11,15H,4H2,1-3H3,(H2,18,19)/t15-/m1/s1. The van der Waals surface area contributed by atoms with Gasteiger partial charge in [0.15, 0.2) is 0 Å². The van der Waals surface area contributed by atoms with Crippen molar-refractivity contribution in [3.8, 4) is 5.75 Å². The zero-order valence-corrected chi connectivity index (χ0v) is 13.1. The van der Waals surface area contributed by atoms with Gasteiger partial charge in [-0.1, -0.05) is 19.1 Å². The van der Waals surface area contributed by atoms with Gasteiger partial charge in [-0.25, -0.2) is 4.98 Å². The number of benzene rings is 1. The van der Waals surface area contributed by atoms with Gasteiger partial charge in [0.25, 0.3) is 5.91 Å². The van der Waals surface area contributed by atoms with Crippen molar-refractivity contribution in [1.82, 2.24) is 9.88 Å². The number of rotatable bonds is 5. The van der Waals surface area contributed by atoms with E-state index in [4.69, 9.17) is 10.5 Å². The molecule has 0 aliphatic heterocycles. The van der Waals surface area contributed by atoms with Gasteiger partial charge in [0.05, 0.1) is 13.2 Å². The molecule has 1 aromatic heterocycles. The molecule has 2 rings (SSSR count). The fourth-order valence-electron chi connectivity index (χ4n) is 2.49. The zero-order chi connectivity index (χ0) is 16.1. The molecule has 116 valence electrons. The second-order valence-electron chi connectivity index (χ2n) is 5.08. The molecule has 0 radical (unpaired) electrons. The molecule has 1 amide bonds. The van der Waals surface area contributed by atoms with Gasteiger partial charge in [0.1, 0.15) is 11.6 Å². The maximum atomic E-state index is 12.6. The van der Waals surface area contributed by atoms with Crippen molar-refractivity contribution in [2.24, 2.45) is 0 Å². The minimum Gasteiger partial charge on any atom is -0.497 e. The lowest BCUT2D eigenvalue weighted by Crippen LogP contribution is -2.31. The Kier molecular flexibility index (Phi) is 4.99. The normalized spacial score (nSPS) is 11.8. The molecule has 22 heavy (non-hydrogen) atoms. The Morgan fingerprint density at radius 3 is 2.55 bits per heavy atom. The topological polar surface area (TPSA) is 68.5 Å². The summed E-state index contributed by atoms with van der Waals surface area (Å²) >= 11 is 0. The second-order valence-corrected chi connectivity index (χ2v) is 5.08. The van der Waals surface area contributed by atoms with E-state index in [1.54, 1.807) is 37.4 Å². The van der Waals surface area contributed by atoms with Crippen LogP contribution in [0.3, 0.4) is 0 Å². The molecule has 0 bridgehead atoms. The highest BCUT2D eigenvalue weighted by Gasteiger charge is 2.21. The number of amides is 1. The minimum absolute atomic E-state index is 0.00667. The number of hydrogen-bond acceptors (Lipinski definition) is 4. The summed E-state index contributed by atoms with van der Waals surface area (Å²) < 4.78 is 5.17. The van der Waals surface area contributed by atoms with E-state index in [1.165, 1.54) is 0 Å². The largest absolute Gasteiger partial charge is 0.497 e. The highest BCUT2D eigenvalue weighted by atomic mass is 16.5. The molecule has 0 unspecified atom stereocenters. The number of nitrogens with two attached hydrogens (primary N) is 1. The van der Waals surface area contributed by atoms with Gasteiger partial charge in [0, 0.05) is 18.8 Å². The number of methoxy groups -OCH3 is 1. The average molecular weight is 299 g/mol. The van der Waals surface area contributed by atoms with Crippen LogP contribution in [0.5, 0.6) is 5.75 Å². The molecule has 0 saturated carbocycles. The van der Waals surface area contributed by atoms with Crippen LogP contribution in [-0.2, 0) is 0 Å². The Bertz CT molecular complexity index is 641. The van der Waals surface area contributed by atoms with Crippen LogP contribution < -0.4 is 10.5 Å². The number of pyridine rings is 1. The highest BCUT2D eigenvalue weighted by molar-refractivity contribution is 5.94. The quantitative estimate of drug-likeness (QED) is 0.921. The van der Waals surface area contributed by atoms with E-state index in [0.717, 1.165) is 17.7 Å². The van der Waals surface area contributed by atoms with Crippen LogP contribution in [0.4, 0.5) is 5.82 Å². The minimum atomic E-state index is -0.0724. The Hall–Kier alpha value is -2.56. The maximum Gasteiger partial charge on any atom is 0.254 e. The SMILES string of the molecule is CC[C@H](c1ccc(OC)cc1)N(C)C(=O)c1ccnc(N)c1. The summed E-state index contributed by atoms with van der Waals surface area (Å²) in [7, 11) is 3.44. The number of hydrogen-bond donors (Lipinski definition) is 1. The fourth-order valence-corrected chi connectivity index (χ4v) is 2.49. The van der Waals surface area contributed by atoms with E-state index < -0.39 is 0 Å². The molecule has 0 saturated heterocycles. The van der Waals surface area contributed by atoms with Crippen LogP contribution in [0.25, 0.3) is 0 Å². The Balaban J connectivity index is 2.23. The average Bonchev–Trinajstić information content (AvgIpc) is 2.55. The monoisotopic (exact) mass is 299 g/mol. The van der Waals surface area contributed by atoms with Crippen molar-refractivity contribution in [2.75, 3.05) is 19.9 Å². The van der Waals surface area contributed by atoms with Gasteiger partial charge in [-0.2, -0.15) is 0 Å². The fraction of sp³-hybridized carbons (Fsp3) is 0.294. The summed E-state index contributed by atoms with van der Waals surface area (Å²) in [5.74, 6) is 1.07. The van der Waals surface area contributed by atoms with Crippen LogP contribution in [0, 0.1) is 0 Å². The molecular weight excluding hydrogens is 278 g/mol. The first-order chi connectivity index (χ1) is 10.6. The first kappa shape index (κ1) is 15.8. The predicted octanol–water partition coefficient (Wildman–Crippen LogP) is 2.90. The smallest absolute Gasteiger partial charge is 0.254 e. The Labute approximate surface area is 130 Å². The first-order valence-electron chi connectivity index (χ1n) is 7.19. The number of nitrogens with zero attached hydrogens (tertiary/aromatic N) is 2. The molecule has 0 spiro atoms. The second kappa shape index (κ2) is 6.93. The third-order valence-electron chi connectivity index (χ3n) is 3.70. The lowest BCUT2D eigenvalue weighted by Gasteiger charge is -2.28. The van der Waals surface area contributed by atoms with Crippen molar-refractivity contribution in [3.05, 3.63) is 53.7 Å². The van der Waals surface area contributed by atoms with E-state index in [9.17, 15) is 4.79 Å². The lowest BCUT2D eigenvalue weighted by atomic mass is 10.0. The summed E-state index contributed by atoms with van der Waals surface area (Å²) in [6.45, 7) is 2.06. The van der Waals surface area contributed by atoms with E-state index >= 15 is 0 Å².